The summed E-state index contributed by atoms with van der Waals surface area (Å²) in [6.45, 7) is 3.21. The van der Waals surface area contributed by atoms with Gasteiger partial charge in [-0.25, -0.2) is 0 Å². The van der Waals surface area contributed by atoms with E-state index in [2.05, 4.69) is 0 Å². The van der Waals surface area contributed by atoms with Crippen molar-refractivity contribution in [3.05, 3.63) is 63.3 Å². The van der Waals surface area contributed by atoms with Crippen molar-refractivity contribution < 1.29 is 19.8 Å². The van der Waals surface area contributed by atoms with Crippen LogP contribution in [-0.2, 0) is 4.79 Å². The quantitative estimate of drug-likeness (QED) is 0.669. The minimum atomic E-state index is -1.03. The number of phenolic OH excluding ortho intramolecular Hbond substituents is 1. The Morgan fingerprint density at radius 1 is 1.12 bits per heavy atom. The number of aromatic hydroxyl groups is 1. The molecule has 7 heteroatoms. The average Bonchev–Trinajstić information content (AvgIpc) is 2.85. The molecule has 0 aliphatic rings. The van der Waals surface area contributed by atoms with Crippen molar-refractivity contribution in [2.24, 2.45) is 0 Å². The third-order valence-corrected chi connectivity index (χ3v) is 4.97. The van der Waals surface area contributed by atoms with Gasteiger partial charge in [0.15, 0.2) is 0 Å². The molecule has 0 aliphatic carbocycles. The van der Waals surface area contributed by atoms with Gasteiger partial charge >= 0.3 is 5.97 Å². The first-order valence-corrected chi connectivity index (χ1v) is 8.54. The van der Waals surface area contributed by atoms with E-state index in [1.165, 1.54) is 23.6 Å². The highest BCUT2D eigenvalue weighted by atomic mass is 35.5. The normalized spacial score (nSPS) is 12.3. The highest BCUT2D eigenvalue weighted by Gasteiger charge is 2.27. The fourth-order valence-corrected chi connectivity index (χ4v) is 3.39. The van der Waals surface area contributed by atoms with Crippen LogP contribution in [0.1, 0.15) is 34.5 Å². The van der Waals surface area contributed by atoms with E-state index in [1.54, 1.807) is 31.2 Å². The van der Waals surface area contributed by atoms with Gasteiger partial charge in [-0.05, 0) is 55.8 Å². The SMILES string of the molecule is Cc1c(C(C)C(=O)O)c2cc(O)c(Cl)cc2n1C(=O)c1ccc(Cl)cc1. The zero-order chi connectivity index (χ0) is 19.2. The molecule has 3 rings (SSSR count). The Kier molecular flexibility index (Phi) is 4.69. The second-order valence-electron chi connectivity index (χ2n) is 6.03. The summed E-state index contributed by atoms with van der Waals surface area (Å²) in [4.78, 5) is 24.6. The molecule has 0 saturated heterocycles. The molecular weight excluding hydrogens is 377 g/mol. The zero-order valence-corrected chi connectivity index (χ0v) is 15.5. The molecule has 5 nitrogen and oxygen atoms in total. The molecule has 0 bridgehead atoms. The van der Waals surface area contributed by atoms with Gasteiger partial charge in [-0.1, -0.05) is 23.2 Å². The summed E-state index contributed by atoms with van der Waals surface area (Å²) < 4.78 is 1.42. The number of aromatic nitrogens is 1. The number of rotatable bonds is 3. The number of fused-ring (bicyclic) bond motifs is 1. The van der Waals surface area contributed by atoms with Crippen LogP contribution in [0.2, 0.25) is 10.0 Å². The van der Waals surface area contributed by atoms with E-state index in [0.29, 0.717) is 32.7 Å². The van der Waals surface area contributed by atoms with Gasteiger partial charge in [0, 0.05) is 21.7 Å². The first-order valence-electron chi connectivity index (χ1n) is 7.79. The van der Waals surface area contributed by atoms with Gasteiger partial charge in [0.25, 0.3) is 5.91 Å². The average molecular weight is 392 g/mol. The molecule has 1 heterocycles. The largest absolute Gasteiger partial charge is 0.506 e. The number of carboxylic acids is 1. The number of carboxylic acid groups (broad SMARTS) is 1. The summed E-state index contributed by atoms with van der Waals surface area (Å²) in [7, 11) is 0. The predicted molar refractivity (Wildman–Crippen MR) is 101 cm³/mol. The third-order valence-electron chi connectivity index (χ3n) is 4.42. The summed E-state index contributed by atoms with van der Waals surface area (Å²) in [6.07, 6.45) is 0. The van der Waals surface area contributed by atoms with Gasteiger partial charge in [-0.15, -0.1) is 0 Å². The number of carbonyl (C=O) groups excluding carboxylic acids is 1. The van der Waals surface area contributed by atoms with Gasteiger partial charge in [-0.3, -0.25) is 14.2 Å². The lowest BCUT2D eigenvalue weighted by Gasteiger charge is -2.09. The molecule has 2 aromatic carbocycles. The fourth-order valence-electron chi connectivity index (χ4n) is 3.10. The van der Waals surface area contributed by atoms with Gasteiger partial charge in [0.2, 0.25) is 0 Å². The molecule has 26 heavy (non-hydrogen) atoms. The number of nitrogens with zero attached hydrogens (tertiary/aromatic N) is 1. The molecule has 3 aromatic rings. The molecule has 0 saturated carbocycles. The van der Waals surface area contributed by atoms with E-state index in [9.17, 15) is 19.8 Å². The van der Waals surface area contributed by atoms with Crippen molar-refractivity contribution >= 4 is 46.0 Å². The number of benzene rings is 2. The second-order valence-corrected chi connectivity index (χ2v) is 6.87. The standard InChI is InChI=1S/C19H15Cl2NO4/c1-9(19(25)26)17-10(2)22(15-8-14(21)16(23)7-13(15)17)18(24)11-3-5-12(20)6-4-11/h3-9,23H,1-2H3,(H,25,26). The Labute approximate surface area is 159 Å². The highest BCUT2D eigenvalue weighted by molar-refractivity contribution is 6.33. The molecule has 0 fully saturated rings. The van der Waals surface area contributed by atoms with Crippen LogP contribution in [0, 0.1) is 6.92 Å². The Hall–Kier alpha value is -2.50. The highest BCUT2D eigenvalue weighted by Crippen LogP contribution is 2.37. The lowest BCUT2D eigenvalue weighted by Crippen LogP contribution is -2.15. The van der Waals surface area contributed by atoms with E-state index in [0.717, 1.165) is 0 Å². The van der Waals surface area contributed by atoms with Crippen LogP contribution >= 0.6 is 23.2 Å². The Bertz CT molecular complexity index is 1040. The van der Waals surface area contributed by atoms with Crippen molar-refractivity contribution in [1.82, 2.24) is 4.57 Å². The smallest absolute Gasteiger partial charge is 0.310 e. The van der Waals surface area contributed by atoms with Gasteiger partial charge in [0.05, 0.1) is 16.5 Å². The second kappa shape index (κ2) is 6.67. The summed E-state index contributed by atoms with van der Waals surface area (Å²) >= 11 is 11.9. The minimum absolute atomic E-state index is 0.0784. The van der Waals surface area contributed by atoms with Crippen LogP contribution < -0.4 is 0 Å². The maximum absolute atomic E-state index is 13.1. The van der Waals surface area contributed by atoms with Gasteiger partial charge in [-0.2, -0.15) is 0 Å². The van der Waals surface area contributed by atoms with Crippen LogP contribution in [0.5, 0.6) is 5.75 Å². The van der Waals surface area contributed by atoms with Crippen LogP contribution in [0.4, 0.5) is 0 Å². The van der Waals surface area contributed by atoms with Crippen LogP contribution in [0.3, 0.4) is 0 Å². The number of carbonyl (C=O) groups is 2. The Morgan fingerprint density at radius 2 is 1.73 bits per heavy atom. The van der Waals surface area contributed by atoms with Crippen LogP contribution in [0.25, 0.3) is 10.9 Å². The third kappa shape index (κ3) is 2.93. The fraction of sp³-hybridized carbons (Fsp3) is 0.158. The van der Waals surface area contributed by atoms with E-state index >= 15 is 0 Å². The van der Waals surface area contributed by atoms with Crippen LogP contribution in [-0.4, -0.2) is 26.7 Å². The number of phenols is 1. The number of halogens is 2. The Balaban J connectivity index is 2.33. The van der Waals surface area contributed by atoms with E-state index < -0.39 is 11.9 Å². The lowest BCUT2D eigenvalue weighted by molar-refractivity contribution is -0.138. The van der Waals surface area contributed by atoms with Crippen molar-refractivity contribution in [2.75, 3.05) is 0 Å². The minimum Gasteiger partial charge on any atom is -0.506 e. The molecule has 0 radical (unpaired) electrons. The lowest BCUT2D eigenvalue weighted by atomic mass is 9.98. The molecule has 2 N–H and O–H groups in total. The number of aliphatic carboxylic acids is 1. The van der Waals surface area contributed by atoms with Crippen molar-refractivity contribution in [1.29, 1.82) is 0 Å². The monoisotopic (exact) mass is 391 g/mol. The summed E-state index contributed by atoms with van der Waals surface area (Å²) in [6, 6.07) is 9.26. The van der Waals surface area contributed by atoms with Crippen molar-refractivity contribution in [2.45, 2.75) is 19.8 Å². The molecule has 1 aromatic heterocycles. The van der Waals surface area contributed by atoms with E-state index in [1.807, 2.05) is 0 Å². The maximum atomic E-state index is 13.1. The van der Waals surface area contributed by atoms with Crippen molar-refractivity contribution in [3.8, 4) is 5.75 Å². The Morgan fingerprint density at radius 3 is 2.31 bits per heavy atom. The molecule has 1 unspecified atom stereocenters. The summed E-state index contributed by atoms with van der Waals surface area (Å²) in [5.41, 5.74) is 1.78. The van der Waals surface area contributed by atoms with Gasteiger partial charge < -0.3 is 10.2 Å². The van der Waals surface area contributed by atoms with Gasteiger partial charge in [0.1, 0.15) is 5.75 Å². The van der Waals surface area contributed by atoms with E-state index in [-0.39, 0.29) is 16.7 Å². The first kappa shape index (κ1) is 18.3. The molecule has 0 spiro atoms. The predicted octanol–water partition coefficient (Wildman–Crippen LogP) is 4.84. The topological polar surface area (TPSA) is 79.5 Å². The number of hydrogen-bond donors (Lipinski definition) is 2. The van der Waals surface area contributed by atoms with Crippen molar-refractivity contribution in [3.63, 3.8) is 0 Å². The maximum Gasteiger partial charge on any atom is 0.310 e. The first-order chi connectivity index (χ1) is 12.2. The molecular formula is C19H15Cl2NO4. The van der Waals surface area contributed by atoms with Crippen LogP contribution in [0.15, 0.2) is 36.4 Å². The zero-order valence-electron chi connectivity index (χ0n) is 14.0. The molecule has 134 valence electrons. The number of hydrogen-bond acceptors (Lipinski definition) is 3. The summed E-state index contributed by atoms with van der Waals surface area (Å²) in [5.74, 6) is -2.40. The molecule has 0 aliphatic heterocycles. The van der Waals surface area contributed by atoms with E-state index in [4.69, 9.17) is 23.2 Å². The summed E-state index contributed by atoms with van der Waals surface area (Å²) in [5, 5.41) is 20.5. The molecule has 1 atom stereocenters. The molecule has 0 amide bonds.